The Morgan fingerprint density at radius 2 is 2.36 bits per heavy atom. The van der Waals surface area contributed by atoms with Gasteiger partial charge in [0.05, 0.1) is 11.3 Å². The number of benzene rings is 1. The largest absolute Gasteiger partial charge is 0.378 e. The van der Waals surface area contributed by atoms with E-state index >= 15 is 0 Å². The molecule has 1 aromatic rings. The molecule has 0 saturated carbocycles. The molecule has 0 aromatic heterocycles. The zero-order valence-corrected chi connectivity index (χ0v) is 7.92. The third-order valence-corrected chi connectivity index (χ3v) is 1.84. The van der Waals surface area contributed by atoms with Crippen molar-refractivity contribution in [1.29, 1.82) is 5.26 Å². The lowest BCUT2D eigenvalue weighted by molar-refractivity contribution is 0.627. The first-order valence-corrected chi connectivity index (χ1v) is 4.26. The van der Waals surface area contributed by atoms with Gasteiger partial charge in [0.2, 0.25) is 0 Å². The van der Waals surface area contributed by atoms with Gasteiger partial charge in [0, 0.05) is 6.04 Å². The Morgan fingerprint density at radius 3 is 2.93 bits per heavy atom. The van der Waals surface area contributed by atoms with Crippen LogP contribution in [0.15, 0.2) is 30.9 Å². The summed E-state index contributed by atoms with van der Waals surface area (Å²) in [4.78, 5) is 0. The fraction of sp³-hybridized carbons (Fsp3) is 0.182. The predicted molar refractivity (Wildman–Crippen MR) is 54.4 cm³/mol. The maximum absolute atomic E-state index is 12.8. The Hall–Kier alpha value is -1.82. The number of rotatable bonds is 3. The SMILES string of the molecule is C=CC(C)Nc1ccc(F)cc1C#N. The number of nitrogens with one attached hydrogen (secondary N) is 1. The summed E-state index contributed by atoms with van der Waals surface area (Å²) in [7, 11) is 0. The number of hydrogen-bond donors (Lipinski definition) is 1. The number of nitrogens with zero attached hydrogens (tertiary/aromatic N) is 1. The van der Waals surface area contributed by atoms with Gasteiger partial charge in [-0.1, -0.05) is 6.08 Å². The van der Waals surface area contributed by atoms with Crippen LogP contribution in [0.5, 0.6) is 0 Å². The van der Waals surface area contributed by atoms with Crippen LogP contribution in [-0.2, 0) is 0 Å². The first kappa shape index (κ1) is 10.3. The lowest BCUT2D eigenvalue weighted by Gasteiger charge is -2.11. The molecule has 1 rings (SSSR count). The highest BCUT2D eigenvalue weighted by atomic mass is 19.1. The highest BCUT2D eigenvalue weighted by Crippen LogP contribution is 2.16. The highest BCUT2D eigenvalue weighted by Gasteiger charge is 2.04. The van der Waals surface area contributed by atoms with Crippen LogP contribution >= 0.6 is 0 Å². The minimum Gasteiger partial charge on any atom is -0.378 e. The van der Waals surface area contributed by atoms with Crippen molar-refractivity contribution < 1.29 is 4.39 Å². The van der Waals surface area contributed by atoms with Gasteiger partial charge < -0.3 is 5.32 Å². The van der Waals surface area contributed by atoms with E-state index in [4.69, 9.17) is 5.26 Å². The molecule has 0 saturated heterocycles. The first-order chi connectivity index (χ1) is 6.67. The van der Waals surface area contributed by atoms with Crippen LogP contribution in [0.1, 0.15) is 12.5 Å². The zero-order chi connectivity index (χ0) is 10.6. The van der Waals surface area contributed by atoms with E-state index in [-0.39, 0.29) is 6.04 Å². The fourth-order valence-corrected chi connectivity index (χ4v) is 1.04. The van der Waals surface area contributed by atoms with E-state index in [1.165, 1.54) is 12.1 Å². The summed E-state index contributed by atoms with van der Waals surface area (Å²) >= 11 is 0. The number of anilines is 1. The molecule has 0 amide bonds. The summed E-state index contributed by atoms with van der Waals surface area (Å²) in [5.74, 6) is -0.404. The second kappa shape index (κ2) is 4.43. The van der Waals surface area contributed by atoms with Crippen LogP contribution in [0.25, 0.3) is 0 Å². The molecule has 0 radical (unpaired) electrons. The average molecular weight is 190 g/mol. The third-order valence-electron chi connectivity index (χ3n) is 1.84. The number of halogens is 1. The van der Waals surface area contributed by atoms with E-state index in [1.807, 2.05) is 13.0 Å². The van der Waals surface area contributed by atoms with Gasteiger partial charge in [-0.3, -0.25) is 0 Å². The van der Waals surface area contributed by atoms with Crippen LogP contribution in [0, 0.1) is 17.1 Å². The maximum atomic E-state index is 12.8. The molecule has 72 valence electrons. The van der Waals surface area contributed by atoms with Crippen LogP contribution < -0.4 is 5.32 Å². The molecule has 1 aromatic carbocycles. The summed E-state index contributed by atoms with van der Waals surface area (Å²) in [6.07, 6.45) is 1.71. The second-order valence-corrected chi connectivity index (χ2v) is 2.97. The quantitative estimate of drug-likeness (QED) is 0.744. The molecular weight excluding hydrogens is 179 g/mol. The van der Waals surface area contributed by atoms with Gasteiger partial charge in [-0.15, -0.1) is 6.58 Å². The summed E-state index contributed by atoms with van der Waals surface area (Å²) < 4.78 is 12.8. The molecule has 0 aliphatic heterocycles. The van der Waals surface area contributed by atoms with Gasteiger partial charge in [-0.25, -0.2) is 4.39 Å². The topological polar surface area (TPSA) is 35.8 Å². The number of nitriles is 1. The highest BCUT2D eigenvalue weighted by molar-refractivity contribution is 5.58. The Kier molecular flexibility index (Phi) is 3.24. The van der Waals surface area contributed by atoms with E-state index in [2.05, 4.69) is 11.9 Å². The molecule has 1 atom stereocenters. The maximum Gasteiger partial charge on any atom is 0.124 e. The summed E-state index contributed by atoms with van der Waals surface area (Å²) in [5.41, 5.74) is 0.931. The molecule has 0 aliphatic rings. The second-order valence-electron chi connectivity index (χ2n) is 2.97. The summed E-state index contributed by atoms with van der Waals surface area (Å²) in [6.45, 7) is 5.51. The molecule has 1 unspecified atom stereocenters. The molecule has 14 heavy (non-hydrogen) atoms. The molecule has 0 bridgehead atoms. The van der Waals surface area contributed by atoms with Gasteiger partial charge in [-0.2, -0.15) is 5.26 Å². The van der Waals surface area contributed by atoms with Gasteiger partial charge in [0.15, 0.2) is 0 Å². The lowest BCUT2D eigenvalue weighted by atomic mass is 10.1. The Morgan fingerprint density at radius 1 is 1.64 bits per heavy atom. The summed E-state index contributed by atoms with van der Waals surface area (Å²) in [5, 5.41) is 11.8. The van der Waals surface area contributed by atoms with E-state index in [9.17, 15) is 4.39 Å². The van der Waals surface area contributed by atoms with Crippen molar-refractivity contribution in [2.45, 2.75) is 13.0 Å². The standard InChI is InChI=1S/C11H11FN2/c1-3-8(2)14-11-5-4-10(12)6-9(11)7-13/h3-6,8,14H,1H2,2H3. The van der Waals surface area contributed by atoms with Crippen molar-refractivity contribution in [2.24, 2.45) is 0 Å². The molecule has 0 spiro atoms. The van der Waals surface area contributed by atoms with Crippen LogP contribution in [-0.4, -0.2) is 6.04 Å². The van der Waals surface area contributed by atoms with Crippen molar-refractivity contribution in [3.63, 3.8) is 0 Å². The van der Waals surface area contributed by atoms with Crippen LogP contribution in [0.3, 0.4) is 0 Å². The minimum atomic E-state index is -0.404. The fourth-order valence-electron chi connectivity index (χ4n) is 1.04. The molecule has 3 heteroatoms. The van der Waals surface area contributed by atoms with E-state index in [0.717, 1.165) is 0 Å². The zero-order valence-electron chi connectivity index (χ0n) is 7.92. The predicted octanol–water partition coefficient (Wildman–Crippen LogP) is 2.68. The van der Waals surface area contributed by atoms with Crippen molar-refractivity contribution in [3.05, 3.63) is 42.2 Å². The normalized spacial score (nSPS) is 11.5. The van der Waals surface area contributed by atoms with Crippen LogP contribution in [0.2, 0.25) is 0 Å². The van der Waals surface area contributed by atoms with Crippen molar-refractivity contribution >= 4 is 5.69 Å². The average Bonchev–Trinajstić information content (AvgIpc) is 2.20. The van der Waals surface area contributed by atoms with Gasteiger partial charge in [0.1, 0.15) is 11.9 Å². The monoisotopic (exact) mass is 190 g/mol. The minimum absolute atomic E-state index is 0.0487. The molecular formula is C11H11FN2. The van der Waals surface area contributed by atoms with Gasteiger partial charge in [0.25, 0.3) is 0 Å². The molecule has 1 N–H and O–H groups in total. The lowest BCUT2D eigenvalue weighted by Crippen LogP contribution is -2.12. The van der Waals surface area contributed by atoms with Crippen LogP contribution in [0.4, 0.5) is 10.1 Å². The molecule has 0 aliphatic carbocycles. The van der Waals surface area contributed by atoms with Crippen molar-refractivity contribution in [2.75, 3.05) is 5.32 Å². The number of hydrogen-bond acceptors (Lipinski definition) is 2. The Balaban J connectivity index is 2.98. The third kappa shape index (κ3) is 2.33. The van der Waals surface area contributed by atoms with Crippen molar-refractivity contribution in [1.82, 2.24) is 0 Å². The molecule has 0 heterocycles. The van der Waals surface area contributed by atoms with E-state index < -0.39 is 5.82 Å². The van der Waals surface area contributed by atoms with E-state index in [1.54, 1.807) is 12.1 Å². The van der Waals surface area contributed by atoms with E-state index in [0.29, 0.717) is 11.3 Å². The smallest absolute Gasteiger partial charge is 0.124 e. The molecule has 2 nitrogen and oxygen atoms in total. The van der Waals surface area contributed by atoms with Gasteiger partial charge in [-0.05, 0) is 25.1 Å². The first-order valence-electron chi connectivity index (χ1n) is 4.26. The Bertz CT molecular complexity index is 379. The molecule has 0 fully saturated rings. The Labute approximate surface area is 82.7 Å². The van der Waals surface area contributed by atoms with Crippen molar-refractivity contribution in [3.8, 4) is 6.07 Å². The van der Waals surface area contributed by atoms with Gasteiger partial charge >= 0.3 is 0 Å². The summed E-state index contributed by atoms with van der Waals surface area (Å²) in [6, 6.07) is 6.05.